The molecule has 8 unspecified atom stereocenters. The molecule has 192 valence electrons. The molecule has 0 aromatic rings. The third-order valence-corrected chi connectivity index (χ3v) is 20.4. The van der Waals surface area contributed by atoms with Crippen molar-refractivity contribution in [2.45, 2.75) is 91.2 Å². The van der Waals surface area contributed by atoms with Crippen molar-refractivity contribution in [1.29, 1.82) is 0 Å². The van der Waals surface area contributed by atoms with E-state index in [1.54, 1.807) is 0 Å². The van der Waals surface area contributed by atoms with E-state index in [0.29, 0.717) is 0 Å². The molecule has 2 saturated carbocycles. The summed E-state index contributed by atoms with van der Waals surface area (Å²) in [5, 5.41) is 0. The summed E-state index contributed by atoms with van der Waals surface area (Å²) in [4.78, 5) is 0. The van der Waals surface area contributed by atoms with Crippen LogP contribution in [0.4, 0.5) is 0 Å². The van der Waals surface area contributed by atoms with E-state index < -0.39 is 24.5 Å². The van der Waals surface area contributed by atoms with E-state index in [-0.39, 0.29) is 32.7 Å². The van der Waals surface area contributed by atoms with Crippen LogP contribution in [-0.4, -0.2) is 24.5 Å². The Labute approximate surface area is 247 Å². The second kappa shape index (κ2) is 11.8. The van der Waals surface area contributed by atoms with Gasteiger partial charge >= 0.3 is 32.7 Å². The Balaban J connectivity index is 0.000000373. The molecule has 35 heavy (non-hydrogen) atoms. The first kappa shape index (κ1) is 31.9. The molecule has 0 spiro atoms. The number of hydrogen-bond donors (Lipinski definition) is 0. The quantitative estimate of drug-likeness (QED) is 0.285. The predicted octanol–water partition coefficient (Wildman–Crippen LogP) is 9.75. The normalized spacial score (nSPS) is 40.0. The average molecular weight is 602 g/mol. The Kier molecular flexibility index (Phi) is 10.8. The van der Waals surface area contributed by atoms with Gasteiger partial charge in [-0.25, -0.2) is 0 Å². The molecular weight excluding hydrogens is 548 g/mol. The van der Waals surface area contributed by atoms with Crippen molar-refractivity contribution in [3.63, 3.8) is 0 Å². The zero-order chi connectivity index (χ0) is 25.6. The molecule has 5 heteroatoms. The van der Waals surface area contributed by atoms with Crippen LogP contribution in [0.25, 0.3) is 4.65 Å². The van der Waals surface area contributed by atoms with E-state index in [1.165, 1.54) is 0 Å². The molecule has 0 aliphatic heterocycles. The van der Waals surface area contributed by atoms with Crippen LogP contribution < -0.4 is 0 Å². The van der Waals surface area contributed by atoms with Crippen molar-refractivity contribution < 1.29 is 32.7 Å². The first-order chi connectivity index (χ1) is 15.6. The third-order valence-electron chi connectivity index (χ3n) is 9.73. The number of nitrogens with zero attached hydrogens (tertiary/aromatic N) is 1. The van der Waals surface area contributed by atoms with Crippen LogP contribution in [0.2, 0.25) is 63.5 Å². The summed E-state index contributed by atoms with van der Waals surface area (Å²) < 4.78 is 4.82. The van der Waals surface area contributed by atoms with Crippen LogP contribution in [-0.2, 0) is 32.7 Å². The average Bonchev–Trinajstić information content (AvgIpc) is 3.14. The van der Waals surface area contributed by atoms with Gasteiger partial charge < -0.3 is 4.65 Å². The van der Waals surface area contributed by atoms with Gasteiger partial charge in [-0.15, -0.1) is 0 Å². The zero-order valence-electron chi connectivity index (χ0n) is 24.9. The molecular formula is C30H54NSi3Y+2. The molecule has 0 heterocycles. The maximum absolute atomic E-state index is 4.82. The molecule has 0 N–H and O–H groups in total. The minimum absolute atomic E-state index is 0. The fourth-order valence-electron chi connectivity index (χ4n) is 8.69. The van der Waals surface area contributed by atoms with Gasteiger partial charge in [-0.1, -0.05) is 145 Å². The van der Waals surface area contributed by atoms with Crippen molar-refractivity contribution in [2.24, 2.45) is 47.3 Å². The van der Waals surface area contributed by atoms with Crippen molar-refractivity contribution in [3.8, 4) is 0 Å². The van der Waals surface area contributed by atoms with Crippen molar-refractivity contribution in [3.05, 3.63) is 53.3 Å². The van der Waals surface area contributed by atoms with E-state index in [9.17, 15) is 0 Å². The summed E-state index contributed by atoms with van der Waals surface area (Å²) >= 11 is 0. The van der Waals surface area contributed by atoms with Crippen LogP contribution in [0.15, 0.2) is 48.6 Å². The fourth-order valence-corrected chi connectivity index (χ4v) is 23.2. The van der Waals surface area contributed by atoms with Gasteiger partial charge in [0.15, 0.2) is 0 Å². The number of rotatable bonds is 4. The van der Waals surface area contributed by atoms with Crippen LogP contribution >= 0.6 is 0 Å². The van der Waals surface area contributed by atoms with Crippen LogP contribution in [0.5, 0.6) is 0 Å². The van der Waals surface area contributed by atoms with Gasteiger partial charge in [0, 0.05) is 0 Å². The Morgan fingerprint density at radius 3 is 1.06 bits per heavy atom. The minimum Gasteiger partial charge on any atom is -0.668 e. The molecule has 4 rings (SSSR count). The van der Waals surface area contributed by atoms with Crippen molar-refractivity contribution >= 4 is 24.5 Å². The molecule has 1 nitrogen and oxygen atoms in total. The van der Waals surface area contributed by atoms with Crippen LogP contribution in [0.1, 0.15) is 27.7 Å². The van der Waals surface area contributed by atoms with E-state index in [2.05, 4.69) is 129 Å². The fraction of sp³-hybridized carbons (Fsp3) is 0.733. The zero-order valence-corrected chi connectivity index (χ0v) is 30.8. The molecule has 0 aromatic carbocycles. The molecule has 4 aliphatic rings. The molecule has 0 bridgehead atoms. The van der Waals surface area contributed by atoms with Crippen LogP contribution in [0, 0.1) is 47.3 Å². The number of fused-ring (bicyclic) bond motifs is 3. The van der Waals surface area contributed by atoms with Crippen molar-refractivity contribution in [2.75, 3.05) is 0 Å². The first-order valence-electron chi connectivity index (χ1n) is 14.0. The molecule has 0 radical (unpaired) electrons. The molecule has 0 amide bonds. The van der Waals surface area contributed by atoms with Gasteiger partial charge in [-0.3, -0.25) is 0 Å². The minimum atomic E-state index is -1.43. The monoisotopic (exact) mass is 601 g/mol. The third kappa shape index (κ3) is 7.01. The second-order valence-corrected chi connectivity index (χ2v) is 29.2. The van der Waals surface area contributed by atoms with E-state index in [0.717, 1.165) is 58.4 Å². The maximum Gasteiger partial charge on any atom is 3.00 e. The molecule has 0 aromatic heterocycles. The predicted molar refractivity (Wildman–Crippen MR) is 162 cm³/mol. The second-order valence-electron chi connectivity index (χ2n) is 14.6. The first-order valence-corrected chi connectivity index (χ1v) is 24.0. The van der Waals surface area contributed by atoms with Gasteiger partial charge in [0.1, 0.15) is 0 Å². The van der Waals surface area contributed by atoms with Gasteiger partial charge in [0.05, 0.1) is 8.07 Å². The summed E-state index contributed by atoms with van der Waals surface area (Å²) in [6.45, 7) is 29.5. The summed E-state index contributed by atoms with van der Waals surface area (Å²) in [6.07, 6.45) is 19.4. The SMILES string of the molecule is CC1C(C)C(C)C([Si](C)(C)C2C3C=CC=CC3C3C=CC=CC32)C1C.C[Si](C)(C)[N-][Si](C)(C)C.[Y+3]. The smallest absolute Gasteiger partial charge is 0.668 e. The maximum atomic E-state index is 4.82. The standard InChI is InChI=1S/C24H36Si.C6H18NSi2.Y/c1-15-16(2)18(4)23(17(15)3)25(5,6)24-21-13-9-7-11-19(21)20-12-8-10-14-22(20)24;1-8(2,3)7-9(4,5)6;/h7-24H,1-6H3;1-6H3;/q;-1;+3. The Morgan fingerprint density at radius 2 is 0.771 bits per heavy atom. The molecule has 4 aliphatic carbocycles. The largest absolute Gasteiger partial charge is 3.00 e. The number of hydrogen-bond acceptors (Lipinski definition) is 0. The van der Waals surface area contributed by atoms with Crippen molar-refractivity contribution in [1.82, 2.24) is 0 Å². The van der Waals surface area contributed by atoms with E-state index in [4.69, 9.17) is 4.65 Å². The van der Waals surface area contributed by atoms with Crippen LogP contribution in [0.3, 0.4) is 0 Å². The van der Waals surface area contributed by atoms with Gasteiger partial charge in [0.25, 0.3) is 0 Å². The summed E-state index contributed by atoms with van der Waals surface area (Å²) in [7, 11) is -3.65. The van der Waals surface area contributed by atoms with Gasteiger partial charge in [-0.2, -0.15) is 0 Å². The van der Waals surface area contributed by atoms with Gasteiger partial charge in [0.2, 0.25) is 0 Å². The molecule has 2 fully saturated rings. The molecule has 0 saturated heterocycles. The summed E-state index contributed by atoms with van der Waals surface area (Å²) in [5.74, 6) is 6.52. The van der Waals surface area contributed by atoms with Gasteiger partial charge in [-0.05, 0) is 58.4 Å². The number of allylic oxidation sites excluding steroid dienone is 8. The Hall–Kier alpha value is 0.675. The molecule has 8 atom stereocenters. The Bertz CT molecular complexity index is 772. The summed E-state index contributed by atoms with van der Waals surface area (Å²) in [5.41, 5.74) is 1.85. The topological polar surface area (TPSA) is 14.1 Å². The Morgan fingerprint density at radius 1 is 0.457 bits per heavy atom. The van der Waals surface area contributed by atoms with E-state index in [1.807, 2.05) is 0 Å². The summed E-state index contributed by atoms with van der Waals surface area (Å²) in [6, 6.07) is 0. The van der Waals surface area contributed by atoms with E-state index >= 15 is 0 Å².